The normalized spacial score (nSPS) is 11.2. The number of amides is 1. The maximum absolute atomic E-state index is 11.9. The maximum Gasteiger partial charge on any atom is 0.220 e. The fourth-order valence-corrected chi connectivity index (χ4v) is 3.70. The number of nitrogen functional groups attached to an aromatic ring is 1. The molecule has 0 spiro atoms. The number of nitrogens with one attached hydrogen (secondary N) is 1. The minimum Gasteiger partial charge on any atom is -0.495 e. The van der Waals surface area contributed by atoms with Gasteiger partial charge in [0.15, 0.2) is 0 Å². The standard InChI is InChI=1S/C33H60N2O13/c1-3-38-11-12-40-15-16-42-19-20-44-23-24-46-27-28-47-26-25-45-22-21-43-18-17-41-14-13-39-10-8-35-33(36)5-4-9-48-30-6-7-32(37-2)31(34)29-30/h6-7,29H,3-5,8-28,34H2,1-2H3,(H,35,36). The molecule has 48 heavy (non-hydrogen) atoms. The van der Waals surface area contributed by atoms with E-state index in [2.05, 4.69) is 5.32 Å². The van der Waals surface area contributed by atoms with E-state index < -0.39 is 0 Å². The van der Waals surface area contributed by atoms with Crippen molar-refractivity contribution in [2.45, 2.75) is 19.8 Å². The Hall–Kier alpha value is -2.31. The van der Waals surface area contributed by atoms with Gasteiger partial charge in [0.1, 0.15) is 11.5 Å². The smallest absolute Gasteiger partial charge is 0.220 e. The van der Waals surface area contributed by atoms with Gasteiger partial charge in [-0.25, -0.2) is 0 Å². The third kappa shape index (κ3) is 28.7. The van der Waals surface area contributed by atoms with Crippen LogP contribution in [0.25, 0.3) is 0 Å². The molecular weight excluding hydrogens is 632 g/mol. The van der Waals surface area contributed by atoms with Gasteiger partial charge in [-0.05, 0) is 25.5 Å². The first kappa shape index (κ1) is 43.7. The minimum atomic E-state index is -0.0469. The van der Waals surface area contributed by atoms with Gasteiger partial charge in [-0.1, -0.05) is 0 Å². The third-order valence-corrected chi connectivity index (χ3v) is 6.14. The molecule has 0 saturated carbocycles. The van der Waals surface area contributed by atoms with Crippen LogP contribution in [-0.4, -0.2) is 158 Å². The monoisotopic (exact) mass is 692 g/mol. The van der Waals surface area contributed by atoms with Crippen LogP contribution < -0.4 is 20.5 Å². The zero-order valence-corrected chi connectivity index (χ0v) is 29.1. The Morgan fingerprint density at radius 1 is 0.583 bits per heavy atom. The fraction of sp³-hybridized carbons (Fsp3) is 0.788. The fourth-order valence-electron chi connectivity index (χ4n) is 3.70. The van der Waals surface area contributed by atoms with Gasteiger partial charge in [-0.2, -0.15) is 0 Å². The molecule has 0 unspecified atom stereocenters. The van der Waals surface area contributed by atoms with E-state index in [-0.39, 0.29) is 5.91 Å². The number of hydrogen-bond acceptors (Lipinski definition) is 14. The maximum atomic E-state index is 11.9. The molecular formula is C33H60N2O13. The van der Waals surface area contributed by atoms with Gasteiger partial charge in [0.25, 0.3) is 0 Å². The summed E-state index contributed by atoms with van der Waals surface area (Å²) in [7, 11) is 1.56. The van der Waals surface area contributed by atoms with Crippen LogP contribution in [0.2, 0.25) is 0 Å². The second-order valence-corrected chi connectivity index (χ2v) is 9.91. The molecule has 0 bridgehead atoms. The Kier molecular flexibility index (Phi) is 31.5. The van der Waals surface area contributed by atoms with Crippen molar-refractivity contribution in [1.29, 1.82) is 0 Å². The third-order valence-electron chi connectivity index (χ3n) is 6.14. The van der Waals surface area contributed by atoms with Crippen LogP contribution in [0, 0.1) is 0 Å². The number of carbonyl (C=O) groups is 1. The number of carbonyl (C=O) groups excluding carboxylic acids is 1. The summed E-state index contributed by atoms with van der Waals surface area (Å²) in [5, 5.41) is 2.82. The quantitative estimate of drug-likeness (QED) is 0.0765. The highest BCUT2D eigenvalue weighted by Gasteiger charge is 2.04. The topological polar surface area (TPSA) is 166 Å². The molecule has 0 heterocycles. The SMILES string of the molecule is CCOCCOCCOCCOCCOCCOCCOCCOCCOCCOCCNC(=O)CCCOc1ccc(OC)c(N)c1. The van der Waals surface area contributed by atoms with Crippen LogP contribution >= 0.6 is 0 Å². The highest BCUT2D eigenvalue weighted by Crippen LogP contribution is 2.26. The first-order valence-electron chi connectivity index (χ1n) is 16.8. The highest BCUT2D eigenvalue weighted by molar-refractivity contribution is 5.75. The molecule has 0 saturated heterocycles. The van der Waals surface area contributed by atoms with Crippen LogP contribution in [0.3, 0.4) is 0 Å². The number of ether oxygens (including phenoxy) is 12. The van der Waals surface area contributed by atoms with E-state index in [0.29, 0.717) is 175 Å². The Labute approximate surface area is 286 Å². The Bertz CT molecular complexity index is 854. The highest BCUT2D eigenvalue weighted by atomic mass is 16.6. The van der Waals surface area contributed by atoms with Crippen molar-refractivity contribution in [2.75, 3.05) is 158 Å². The van der Waals surface area contributed by atoms with Gasteiger partial charge in [0.2, 0.25) is 5.91 Å². The van der Waals surface area contributed by atoms with E-state index in [9.17, 15) is 4.79 Å². The molecule has 280 valence electrons. The summed E-state index contributed by atoms with van der Waals surface area (Å²) in [5.41, 5.74) is 6.37. The molecule has 15 heteroatoms. The summed E-state index contributed by atoms with van der Waals surface area (Å²) in [6, 6.07) is 5.23. The number of methoxy groups -OCH3 is 1. The molecule has 0 aromatic heterocycles. The molecule has 0 aliphatic carbocycles. The van der Waals surface area contributed by atoms with Crippen LogP contribution in [-0.2, 0) is 52.2 Å². The molecule has 0 radical (unpaired) electrons. The first-order chi connectivity index (χ1) is 23.7. The van der Waals surface area contributed by atoms with E-state index >= 15 is 0 Å². The summed E-state index contributed by atoms with van der Waals surface area (Å²) in [6.45, 7) is 13.1. The van der Waals surface area contributed by atoms with Crippen LogP contribution in [0.4, 0.5) is 5.69 Å². The van der Waals surface area contributed by atoms with Crippen LogP contribution in [0.1, 0.15) is 19.8 Å². The summed E-state index contributed by atoms with van der Waals surface area (Å²) >= 11 is 0. The van der Waals surface area contributed by atoms with Gasteiger partial charge in [0.05, 0.1) is 145 Å². The van der Waals surface area contributed by atoms with E-state index in [4.69, 9.17) is 62.6 Å². The minimum absolute atomic E-state index is 0.0469. The largest absolute Gasteiger partial charge is 0.495 e. The average molecular weight is 693 g/mol. The number of benzene rings is 1. The van der Waals surface area contributed by atoms with E-state index in [1.165, 1.54) is 0 Å². The molecule has 0 atom stereocenters. The molecule has 1 rings (SSSR count). The first-order valence-corrected chi connectivity index (χ1v) is 16.8. The molecule has 0 aliphatic heterocycles. The molecule has 3 N–H and O–H groups in total. The van der Waals surface area contributed by atoms with Crippen molar-refractivity contribution in [3.05, 3.63) is 18.2 Å². The van der Waals surface area contributed by atoms with E-state index in [0.717, 1.165) is 0 Å². The molecule has 1 aromatic rings. The van der Waals surface area contributed by atoms with Gasteiger partial charge in [-0.3, -0.25) is 4.79 Å². The Balaban J connectivity index is 1.69. The van der Waals surface area contributed by atoms with E-state index in [1.807, 2.05) is 6.92 Å². The molecule has 15 nitrogen and oxygen atoms in total. The second-order valence-electron chi connectivity index (χ2n) is 9.91. The number of anilines is 1. The van der Waals surface area contributed by atoms with Crippen LogP contribution in [0.5, 0.6) is 11.5 Å². The lowest BCUT2D eigenvalue weighted by molar-refractivity contribution is -0.121. The van der Waals surface area contributed by atoms with Gasteiger partial charge < -0.3 is 67.9 Å². The summed E-state index contributed by atoms with van der Waals surface area (Å²) in [6.07, 6.45) is 0.959. The molecule has 1 aromatic carbocycles. The zero-order valence-electron chi connectivity index (χ0n) is 29.1. The second kappa shape index (κ2) is 34.5. The molecule has 0 aliphatic rings. The Morgan fingerprint density at radius 2 is 0.979 bits per heavy atom. The Morgan fingerprint density at radius 3 is 1.35 bits per heavy atom. The van der Waals surface area contributed by atoms with Crippen molar-refractivity contribution in [2.24, 2.45) is 0 Å². The van der Waals surface area contributed by atoms with E-state index in [1.54, 1.807) is 25.3 Å². The lowest BCUT2D eigenvalue weighted by Crippen LogP contribution is -2.27. The lowest BCUT2D eigenvalue weighted by Gasteiger charge is -2.10. The predicted octanol–water partition coefficient (Wildman–Crippen LogP) is 1.74. The van der Waals surface area contributed by atoms with Crippen molar-refractivity contribution < 1.29 is 61.6 Å². The van der Waals surface area contributed by atoms with Crippen molar-refractivity contribution in [3.63, 3.8) is 0 Å². The van der Waals surface area contributed by atoms with Gasteiger partial charge in [0, 0.05) is 25.6 Å². The lowest BCUT2D eigenvalue weighted by atomic mass is 10.2. The molecule has 0 fully saturated rings. The number of hydrogen-bond donors (Lipinski definition) is 2. The van der Waals surface area contributed by atoms with Crippen LogP contribution in [0.15, 0.2) is 18.2 Å². The average Bonchev–Trinajstić information content (AvgIpc) is 3.09. The summed E-state index contributed by atoms with van der Waals surface area (Å²) in [5.74, 6) is 1.20. The number of rotatable bonds is 37. The van der Waals surface area contributed by atoms with Crippen molar-refractivity contribution in [3.8, 4) is 11.5 Å². The number of nitrogens with two attached hydrogens (primary N) is 1. The zero-order chi connectivity index (χ0) is 34.6. The van der Waals surface area contributed by atoms with Gasteiger partial charge >= 0.3 is 0 Å². The van der Waals surface area contributed by atoms with Crippen molar-refractivity contribution >= 4 is 11.6 Å². The molecule has 1 amide bonds. The summed E-state index contributed by atoms with van der Waals surface area (Å²) < 4.78 is 65.0. The van der Waals surface area contributed by atoms with Gasteiger partial charge in [-0.15, -0.1) is 0 Å². The predicted molar refractivity (Wildman–Crippen MR) is 179 cm³/mol. The van der Waals surface area contributed by atoms with Crippen molar-refractivity contribution in [1.82, 2.24) is 5.32 Å². The summed E-state index contributed by atoms with van der Waals surface area (Å²) in [4.78, 5) is 11.9.